The molecule has 2 rings (SSSR count). The van der Waals surface area contributed by atoms with E-state index in [1.54, 1.807) is 0 Å². The first-order chi connectivity index (χ1) is 14.3. The van der Waals surface area contributed by atoms with Crippen molar-refractivity contribution < 1.29 is 14.3 Å². The van der Waals surface area contributed by atoms with Gasteiger partial charge in [-0.1, -0.05) is 12.1 Å². The fraction of sp³-hybridized carbons (Fsp3) is 0.652. The molecule has 0 saturated carbocycles. The molecule has 3 N–H and O–H groups in total. The number of carbonyl (C=O) groups is 1. The number of hydrogen-bond donors (Lipinski definition) is 3. The molecule has 0 unspecified atom stereocenters. The molecule has 1 aromatic carbocycles. The molecule has 1 aliphatic rings. The van der Waals surface area contributed by atoms with Gasteiger partial charge in [0.15, 0.2) is 5.96 Å². The lowest BCUT2D eigenvalue weighted by molar-refractivity contribution is -0.121. The Kier molecular flexibility index (Phi) is 8.96. The summed E-state index contributed by atoms with van der Waals surface area (Å²) in [6.45, 7) is 13.6. The van der Waals surface area contributed by atoms with Crippen molar-refractivity contribution in [3.63, 3.8) is 0 Å². The summed E-state index contributed by atoms with van der Waals surface area (Å²) in [6, 6.07) is 8.37. The third-order valence-corrected chi connectivity index (χ3v) is 5.06. The van der Waals surface area contributed by atoms with Crippen LogP contribution >= 0.6 is 0 Å². The van der Waals surface area contributed by atoms with Crippen molar-refractivity contribution in [1.29, 1.82) is 0 Å². The van der Waals surface area contributed by atoms with Crippen LogP contribution in [-0.4, -0.2) is 56.9 Å². The van der Waals surface area contributed by atoms with Gasteiger partial charge in [0.05, 0.1) is 6.61 Å². The van der Waals surface area contributed by atoms with Crippen molar-refractivity contribution in [1.82, 2.24) is 16.0 Å². The van der Waals surface area contributed by atoms with Crippen molar-refractivity contribution >= 4 is 11.9 Å². The minimum Gasteiger partial charge on any atom is -0.494 e. The Labute approximate surface area is 181 Å². The van der Waals surface area contributed by atoms with Crippen LogP contribution in [0.5, 0.6) is 5.75 Å². The van der Waals surface area contributed by atoms with Crippen LogP contribution in [0.25, 0.3) is 0 Å². The summed E-state index contributed by atoms with van der Waals surface area (Å²) in [5, 5.41) is 9.64. The normalized spacial score (nSPS) is 16.6. The van der Waals surface area contributed by atoms with E-state index in [9.17, 15) is 4.79 Å². The van der Waals surface area contributed by atoms with Crippen LogP contribution in [0.4, 0.5) is 0 Å². The number of guanidine groups is 1. The molecule has 0 bridgehead atoms. The van der Waals surface area contributed by atoms with Gasteiger partial charge in [0, 0.05) is 37.3 Å². The zero-order valence-electron chi connectivity index (χ0n) is 19.1. The van der Waals surface area contributed by atoms with Gasteiger partial charge in [-0.3, -0.25) is 4.79 Å². The highest BCUT2D eigenvalue weighted by Gasteiger charge is 2.34. The zero-order chi connectivity index (χ0) is 22.0. The maximum absolute atomic E-state index is 12.1. The summed E-state index contributed by atoms with van der Waals surface area (Å²) >= 11 is 0. The quantitative estimate of drug-likeness (QED) is 0.446. The first-order valence-electron chi connectivity index (χ1n) is 10.9. The molecule has 1 aromatic rings. The predicted octanol–water partition coefficient (Wildman–Crippen LogP) is 2.60. The number of ether oxygens (including phenoxy) is 2. The lowest BCUT2D eigenvalue weighted by Crippen LogP contribution is -2.48. The van der Waals surface area contributed by atoms with Gasteiger partial charge in [-0.05, 0) is 65.2 Å². The fourth-order valence-corrected chi connectivity index (χ4v) is 3.60. The molecule has 0 radical (unpaired) electrons. The van der Waals surface area contributed by atoms with E-state index in [1.165, 1.54) is 5.56 Å². The first-order valence-corrected chi connectivity index (χ1v) is 10.9. The maximum atomic E-state index is 12.1. The van der Waals surface area contributed by atoms with Gasteiger partial charge in [0.2, 0.25) is 5.91 Å². The number of nitrogens with zero attached hydrogens (tertiary/aromatic N) is 1. The van der Waals surface area contributed by atoms with Crippen LogP contribution in [0.2, 0.25) is 0 Å². The van der Waals surface area contributed by atoms with Crippen molar-refractivity contribution in [2.45, 2.75) is 58.4 Å². The maximum Gasteiger partial charge on any atom is 0.242 e. The van der Waals surface area contributed by atoms with Gasteiger partial charge < -0.3 is 25.4 Å². The Bertz CT molecular complexity index is 689. The summed E-state index contributed by atoms with van der Waals surface area (Å²) in [7, 11) is 0. The van der Waals surface area contributed by atoms with Gasteiger partial charge >= 0.3 is 0 Å². The molecule has 1 amide bonds. The summed E-state index contributed by atoms with van der Waals surface area (Å²) in [6.07, 6.45) is 1.86. The first kappa shape index (κ1) is 24.0. The average Bonchev–Trinajstić information content (AvgIpc) is 2.70. The number of carbonyl (C=O) groups excluding carboxylic acids is 1. The Morgan fingerprint density at radius 2 is 1.80 bits per heavy atom. The fourth-order valence-electron chi connectivity index (χ4n) is 3.60. The minimum atomic E-state index is -0.266. The van der Waals surface area contributed by atoms with Gasteiger partial charge in [0.25, 0.3) is 0 Å². The number of hydrogen-bond acceptors (Lipinski definition) is 4. The second-order valence-electron chi connectivity index (χ2n) is 8.70. The third-order valence-electron chi connectivity index (χ3n) is 5.06. The van der Waals surface area contributed by atoms with Crippen LogP contribution in [-0.2, 0) is 14.9 Å². The van der Waals surface area contributed by atoms with Gasteiger partial charge in [-0.25, -0.2) is 4.99 Å². The molecule has 0 atom stereocenters. The topological polar surface area (TPSA) is 84.0 Å². The SMILES string of the molecule is CCNC(=NCC(=O)NC(C)(C)C)NCC1(c2ccc(OCC)cc2)CCOCC1. The van der Waals surface area contributed by atoms with Crippen molar-refractivity contribution in [3.05, 3.63) is 29.8 Å². The highest BCUT2D eigenvalue weighted by atomic mass is 16.5. The van der Waals surface area contributed by atoms with Crippen LogP contribution < -0.4 is 20.7 Å². The molecule has 0 spiro atoms. The van der Waals surface area contributed by atoms with E-state index in [0.717, 1.165) is 44.9 Å². The monoisotopic (exact) mass is 418 g/mol. The Morgan fingerprint density at radius 1 is 1.13 bits per heavy atom. The Balaban J connectivity index is 2.10. The molecule has 168 valence electrons. The number of amides is 1. The van der Waals surface area contributed by atoms with Crippen LogP contribution in [0.1, 0.15) is 53.0 Å². The highest BCUT2D eigenvalue weighted by molar-refractivity contribution is 5.85. The number of nitrogens with one attached hydrogen (secondary N) is 3. The van der Waals surface area contributed by atoms with Crippen LogP contribution in [0, 0.1) is 0 Å². The average molecular weight is 419 g/mol. The lowest BCUT2D eigenvalue weighted by atomic mass is 9.74. The summed E-state index contributed by atoms with van der Waals surface area (Å²) in [4.78, 5) is 16.6. The minimum absolute atomic E-state index is 0.0488. The van der Waals surface area contributed by atoms with E-state index in [-0.39, 0.29) is 23.4 Å². The van der Waals surface area contributed by atoms with E-state index in [0.29, 0.717) is 12.6 Å². The highest BCUT2D eigenvalue weighted by Crippen LogP contribution is 2.35. The molecule has 0 aromatic heterocycles. The third kappa shape index (κ3) is 7.52. The van der Waals surface area contributed by atoms with Crippen molar-refractivity contribution in [2.24, 2.45) is 4.99 Å². The molecule has 1 heterocycles. The molecular weight excluding hydrogens is 380 g/mol. The smallest absolute Gasteiger partial charge is 0.242 e. The number of rotatable bonds is 8. The van der Waals surface area contributed by atoms with Crippen molar-refractivity contribution in [3.8, 4) is 5.75 Å². The molecule has 7 heteroatoms. The molecule has 7 nitrogen and oxygen atoms in total. The van der Waals surface area contributed by atoms with E-state index in [1.807, 2.05) is 46.8 Å². The molecular formula is C23H38N4O3. The summed E-state index contributed by atoms with van der Waals surface area (Å²) in [5.41, 5.74) is 0.952. The second kappa shape index (κ2) is 11.2. The van der Waals surface area contributed by atoms with E-state index < -0.39 is 0 Å². The molecule has 0 aliphatic carbocycles. The standard InChI is InChI=1S/C23H38N4O3/c1-6-24-21(25-16-20(28)27-22(3,4)5)26-17-23(12-14-29-15-13-23)18-8-10-19(11-9-18)30-7-2/h8-11H,6-7,12-17H2,1-5H3,(H,27,28)(H2,24,25,26). The van der Waals surface area contributed by atoms with Gasteiger partial charge in [0.1, 0.15) is 12.3 Å². The van der Waals surface area contributed by atoms with Crippen LogP contribution in [0.15, 0.2) is 29.3 Å². The molecule has 1 aliphatic heterocycles. The van der Waals surface area contributed by atoms with E-state index in [2.05, 4.69) is 33.1 Å². The number of aliphatic imine (C=N–C) groups is 1. The second-order valence-corrected chi connectivity index (χ2v) is 8.70. The Morgan fingerprint density at radius 3 is 2.37 bits per heavy atom. The molecule has 1 saturated heterocycles. The largest absolute Gasteiger partial charge is 0.494 e. The van der Waals surface area contributed by atoms with Crippen molar-refractivity contribution in [2.75, 3.05) is 39.5 Å². The van der Waals surface area contributed by atoms with Gasteiger partial charge in [-0.2, -0.15) is 0 Å². The number of benzene rings is 1. The zero-order valence-corrected chi connectivity index (χ0v) is 19.1. The molecule has 30 heavy (non-hydrogen) atoms. The van der Waals surface area contributed by atoms with Crippen LogP contribution in [0.3, 0.4) is 0 Å². The van der Waals surface area contributed by atoms with E-state index >= 15 is 0 Å². The van der Waals surface area contributed by atoms with Gasteiger partial charge in [-0.15, -0.1) is 0 Å². The summed E-state index contributed by atoms with van der Waals surface area (Å²) < 4.78 is 11.2. The summed E-state index contributed by atoms with van der Waals surface area (Å²) in [5.74, 6) is 1.45. The van der Waals surface area contributed by atoms with E-state index in [4.69, 9.17) is 9.47 Å². The Hall–Kier alpha value is -2.28. The molecule has 1 fully saturated rings. The predicted molar refractivity (Wildman–Crippen MR) is 121 cm³/mol. The lowest BCUT2D eigenvalue weighted by Gasteiger charge is -2.38.